The number of carbonyl (C=O) groups is 1. The number of rotatable bonds is 4. The Labute approximate surface area is 104 Å². The molecule has 1 aliphatic heterocycles. The molecule has 2 rings (SSSR count). The van der Waals surface area contributed by atoms with Gasteiger partial charge in [0.15, 0.2) is 0 Å². The molecule has 7 heteroatoms. The minimum Gasteiger partial charge on any atom is -0.361 e. The average molecular weight is 250 g/mol. The molecule has 1 aliphatic rings. The molecule has 0 aromatic carbocycles. The molecule has 0 aliphatic carbocycles. The van der Waals surface area contributed by atoms with E-state index in [0.29, 0.717) is 5.82 Å². The average Bonchev–Trinajstić information content (AvgIpc) is 2.90. The lowest BCUT2D eigenvalue weighted by molar-refractivity contribution is -0.384. The number of anilines is 1. The molecule has 18 heavy (non-hydrogen) atoms. The van der Waals surface area contributed by atoms with Gasteiger partial charge in [-0.05, 0) is 12.8 Å². The molecule has 1 aromatic rings. The number of pyridine rings is 1. The highest BCUT2D eigenvalue weighted by Gasteiger charge is 2.17. The van der Waals surface area contributed by atoms with Crippen molar-refractivity contribution in [3.63, 3.8) is 0 Å². The quantitative estimate of drug-likeness (QED) is 0.636. The normalized spacial score (nSPS) is 14.6. The smallest absolute Gasteiger partial charge is 0.274 e. The summed E-state index contributed by atoms with van der Waals surface area (Å²) in [6.07, 6.45) is 3.43. The summed E-state index contributed by atoms with van der Waals surface area (Å²) in [6.45, 7) is 1.71. The van der Waals surface area contributed by atoms with Crippen LogP contribution in [0, 0.1) is 10.1 Å². The first-order chi connectivity index (χ1) is 8.66. The maximum absolute atomic E-state index is 11.7. The van der Waals surface area contributed by atoms with Crippen LogP contribution in [0.25, 0.3) is 0 Å². The van der Waals surface area contributed by atoms with Gasteiger partial charge in [-0.15, -0.1) is 0 Å². The largest absolute Gasteiger partial charge is 0.361 e. The lowest BCUT2D eigenvalue weighted by atomic mass is 10.4. The second-order valence-corrected chi connectivity index (χ2v) is 4.10. The number of nitro groups is 1. The Bertz CT molecular complexity index is 457. The van der Waals surface area contributed by atoms with Gasteiger partial charge in [-0.2, -0.15) is 0 Å². The molecular weight excluding hydrogens is 236 g/mol. The molecule has 0 radical (unpaired) electrons. The Morgan fingerprint density at radius 2 is 2.22 bits per heavy atom. The van der Waals surface area contributed by atoms with E-state index in [9.17, 15) is 14.9 Å². The van der Waals surface area contributed by atoms with E-state index >= 15 is 0 Å². The molecule has 0 bridgehead atoms. The van der Waals surface area contributed by atoms with Crippen LogP contribution in [-0.4, -0.2) is 40.3 Å². The third kappa shape index (κ3) is 2.93. The zero-order valence-electron chi connectivity index (χ0n) is 9.83. The van der Waals surface area contributed by atoms with Crippen LogP contribution in [0.5, 0.6) is 0 Å². The number of hydrogen-bond acceptors (Lipinski definition) is 5. The van der Waals surface area contributed by atoms with E-state index in [1.54, 1.807) is 4.90 Å². The predicted octanol–water partition coefficient (Wildman–Crippen LogP) is 1.02. The summed E-state index contributed by atoms with van der Waals surface area (Å²) in [6, 6.07) is 2.63. The van der Waals surface area contributed by atoms with Crippen molar-refractivity contribution in [1.29, 1.82) is 0 Å². The molecule has 0 saturated carbocycles. The summed E-state index contributed by atoms with van der Waals surface area (Å²) in [4.78, 5) is 27.5. The minimum absolute atomic E-state index is 0.000746. The first-order valence-electron chi connectivity index (χ1n) is 5.79. The van der Waals surface area contributed by atoms with E-state index in [0.717, 1.165) is 25.9 Å². The van der Waals surface area contributed by atoms with Crippen LogP contribution in [0.4, 0.5) is 11.5 Å². The minimum atomic E-state index is -0.491. The van der Waals surface area contributed by atoms with Crippen LogP contribution in [0.1, 0.15) is 12.8 Å². The van der Waals surface area contributed by atoms with E-state index in [2.05, 4.69) is 10.3 Å². The van der Waals surface area contributed by atoms with Gasteiger partial charge in [0.05, 0.1) is 17.5 Å². The zero-order chi connectivity index (χ0) is 13.0. The molecule has 7 nitrogen and oxygen atoms in total. The molecule has 0 unspecified atom stereocenters. The van der Waals surface area contributed by atoms with Gasteiger partial charge in [0.1, 0.15) is 5.82 Å². The lowest BCUT2D eigenvalue weighted by Crippen LogP contribution is -2.33. The Kier molecular flexibility index (Phi) is 3.71. The third-order valence-corrected chi connectivity index (χ3v) is 2.83. The van der Waals surface area contributed by atoms with Crippen molar-refractivity contribution in [2.24, 2.45) is 0 Å². The third-order valence-electron chi connectivity index (χ3n) is 2.83. The van der Waals surface area contributed by atoms with Gasteiger partial charge in [0.25, 0.3) is 5.69 Å². The van der Waals surface area contributed by atoms with Crippen molar-refractivity contribution >= 4 is 17.4 Å². The predicted molar refractivity (Wildman–Crippen MR) is 65.2 cm³/mol. The van der Waals surface area contributed by atoms with E-state index in [1.807, 2.05) is 0 Å². The van der Waals surface area contributed by atoms with Gasteiger partial charge in [-0.25, -0.2) is 4.98 Å². The first kappa shape index (κ1) is 12.3. The Hall–Kier alpha value is -2.18. The fourth-order valence-electron chi connectivity index (χ4n) is 1.87. The summed E-state index contributed by atoms with van der Waals surface area (Å²) >= 11 is 0. The number of hydrogen-bond donors (Lipinski definition) is 1. The van der Waals surface area contributed by atoms with Crippen LogP contribution in [0.15, 0.2) is 18.3 Å². The van der Waals surface area contributed by atoms with Crippen molar-refractivity contribution in [3.8, 4) is 0 Å². The molecule has 1 aromatic heterocycles. The fraction of sp³-hybridized carbons (Fsp3) is 0.455. The van der Waals surface area contributed by atoms with Crippen LogP contribution in [-0.2, 0) is 4.79 Å². The summed E-state index contributed by atoms with van der Waals surface area (Å²) < 4.78 is 0. The Balaban J connectivity index is 1.91. The first-order valence-corrected chi connectivity index (χ1v) is 5.79. The summed E-state index contributed by atoms with van der Waals surface area (Å²) in [5.41, 5.74) is -0.0406. The number of nitrogens with zero attached hydrogens (tertiary/aromatic N) is 3. The molecule has 1 amide bonds. The van der Waals surface area contributed by atoms with Gasteiger partial charge in [-0.1, -0.05) is 0 Å². The van der Waals surface area contributed by atoms with E-state index in [1.165, 1.54) is 18.3 Å². The second-order valence-electron chi connectivity index (χ2n) is 4.10. The van der Waals surface area contributed by atoms with Gasteiger partial charge >= 0.3 is 0 Å². The van der Waals surface area contributed by atoms with Gasteiger partial charge < -0.3 is 10.2 Å². The van der Waals surface area contributed by atoms with Gasteiger partial charge in [-0.3, -0.25) is 14.9 Å². The maximum Gasteiger partial charge on any atom is 0.274 e. The maximum atomic E-state index is 11.7. The molecule has 0 atom stereocenters. The van der Waals surface area contributed by atoms with E-state index in [-0.39, 0.29) is 18.1 Å². The summed E-state index contributed by atoms with van der Waals surface area (Å²) in [5.74, 6) is 0.345. The second kappa shape index (κ2) is 5.44. The lowest BCUT2D eigenvalue weighted by Gasteiger charge is -2.15. The van der Waals surface area contributed by atoms with Crippen LogP contribution in [0.2, 0.25) is 0 Å². The highest BCUT2D eigenvalue weighted by molar-refractivity contribution is 5.80. The van der Waals surface area contributed by atoms with Crippen molar-refractivity contribution < 1.29 is 9.72 Å². The number of nitrogens with one attached hydrogen (secondary N) is 1. The molecule has 1 saturated heterocycles. The van der Waals surface area contributed by atoms with Crippen molar-refractivity contribution in [2.45, 2.75) is 12.8 Å². The molecule has 1 fully saturated rings. The van der Waals surface area contributed by atoms with Gasteiger partial charge in [0, 0.05) is 25.4 Å². The van der Waals surface area contributed by atoms with Gasteiger partial charge in [0.2, 0.25) is 5.91 Å². The monoisotopic (exact) mass is 250 g/mol. The summed E-state index contributed by atoms with van der Waals surface area (Å²) in [7, 11) is 0. The SMILES string of the molecule is O=C(CNc1cc([N+](=O)[O-])ccn1)N1CCCC1. The Morgan fingerprint density at radius 3 is 2.89 bits per heavy atom. The highest BCUT2D eigenvalue weighted by atomic mass is 16.6. The number of amides is 1. The van der Waals surface area contributed by atoms with E-state index < -0.39 is 4.92 Å². The summed E-state index contributed by atoms with van der Waals surface area (Å²) in [5, 5.41) is 13.4. The molecule has 96 valence electrons. The molecule has 1 N–H and O–H groups in total. The van der Waals surface area contributed by atoms with E-state index in [4.69, 9.17) is 0 Å². The molecule has 0 spiro atoms. The standard InChI is InChI=1S/C11H14N4O3/c16-11(14-5-1-2-6-14)8-13-10-7-9(15(17)18)3-4-12-10/h3-4,7H,1-2,5-6,8H2,(H,12,13). The van der Waals surface area contributed by atoms with Crippen molar-refractivity contribution in [2.75, 3.05) is 25.0 Å². The Morgan fingerprint density at radius 1 is 1.50 bits per heavy atom. The van der Waals surface area contributed by atoms with Crippen molar-refractivity contribution in [1.82, 2.24) is 9.88 Å². The van der Waals surface area contributed by atoms with Crippen LogP contribution in [0.3, 0.4) is 0 Å². The van der Waals surface area contributed by atoms with Crippen molar-refractivity contribution in [3.05, 3.63) is 28.4 Å². The number of aromatic nitrogens is 1. The fourth-order valence-corrected chi connectivity index (χ4v) is 1.87. The zero-order valence-corrected chi connectivity index (χ0v) is 9.83. The number of likely N-dealkylation sites (tertiary alicyclic amines) is 1. The topological polar surface area (TPSA) is 88.4 Å². The highest BCUT2D eigenvalue weighted by Crippen LogP contribution is 2.14. The number of carbonyl (C=O) groups excluding carboxylic acids is 1. The molecule has 2 heterocycles. The van der Waals surface area contributed by atoms with Crippen LogP contribution < -0.4 is 5.32 Å². The molecular formula is C11H14N4O3. The van der Waals surface area contributed by atoms with Crippen LogP contribution >= 0.6 is 0 Å².